The number of benzene rings is 1. The third-order valence-electron chi connectivity index (χ3n) is 5.79. The zero-order chi connectivity index (χ0) is 24.2. The molecule has 1 fully saturated rings. The summed E-state index contributed by atoms with van der Waals surface area (Å²) in [6.07, 6.45) is 5.96. The maximum atomic E-state index is 12.5. The normalized spacial score (nSPS) is 13.3. The van der Waals surface area contributed by atoms with Crippen LogP contribution in [-0.4, -0.2) is 66.9 Å². The Balaban J connectivity index is 1.11. The van der Waals surface area contributed by atoms with E-state index in [-0.39, 0.29) is 17.4 Å². The first-order valence-corrected chi connectivity index (χ1v) is 11.0. The van der Waals surface area contributed by atoms with Gasteiger partial charge in [-0.25, -0.2) is 24.6 Å². The average Bonchev–Trinajstić information content (AvgIpc) is 3.40. The van der Waals surface area contributed by atoms with Crippen LogP contribution in [0.4, 0.5) is 5.82 Å². The molecule has 1 saturated heterocycles. The molecule has 0 radical (unpaired) electrons. The Morgan fingerprint density at radius 3 is 2.57 bits per heavy atom. The molecular formula is C23H23N9O3. The molecule has 12 heteroatoms. The maximum Gasteiger partial charge on any atom is 0.253 e. The van der Waals surface area contributed by atoms with Crippen LogP contribution in [0, 0.1) is 5.92 Å². The second-order valence-electron chi connectivity index (χ2n) is 8.00. The summed E-state index contributed by atoms with van der Waals surface area (Å²) >= 11 is 0. The van der Waals surface area contributed by atoms with Crippen molar-refractivity contribution in [2.45, 2.75) is 6.54 Å². The van der Waals surface area contributed by atoms with Crippen LogP contribution < -0.4 is 20.5 Å². The van der Waals surface area contributed by atoms with Crippen LogP contribution in [-0.2, 0) is 11.3 Å². The third kappa shape index (κ3) is 4.86. The average molecular weight is 473 g/mol. The van der Waals surface area contributed by atoms with Crippen LogP contribution in [0.3, 0.4) is 0 Å². The molecule has 4 heterocycles. The molecule has 0 saturated carbocycles. The molecule has 1 amide bonds. The number of amides is 1. The van der Waals surface area contributed by atoms with E-state index in [4.69, 9.17) is 4.74 Å². The number of carbonyl (C=O) groups is 1. The first-order valence-electron chi connectivity index (χ1n) is 11.0. The predicted molar refractivity (Wildman–Crippen MR) is 126 cm³/mol. The molecule has 4 aromatic rings. The van der Waals surface area contributed by atoms with Crippen molar-refractivity contribution in [3.05, 3.63) is 72.1 Å². The number of hydrogen-bond donors (Lipinski definition) is 1. The minimum absolute atomic E-state index is 0.0531. The largest absolute Gasteiger partial charge is 0.497 e. The lowest BCUT2D eigenvalue weighted by Gasteiger charge is -2.39. The Labute approximate surface area is 200 Å². The smallest absolute Gasteiger partial charge is 0.253 e. The lowest BCUT2D eigenvalue weighted by atomic mass is 9.99. The summed E-state index contributed by atoms with van der Waals surface area (Å²) in [7, 11) is 1.60. The van der Waals surface area contributed by atoms with Crippen LogP contribution in [0.5, 0.6) is 5.75 Å². The second kappa shape index (κ2) is 9.71. The van der Waals surface area contributed by atoms with Crippen molar-refractivity contribution >= 4 is 11.7 Å². The number of anilines is 1. The molecule has 178 valence electrons. The molecule has 3 aromatic heterocycles. The molecule has 0 atom stereocenters. The number of methoxy groups -OCH3 is 1. The molecule has 1 aliphatic heterocycles. The van der Waals surface area contributed by atoms with Gasteiger partial charge >= 0.3 is 0 Å². The molecule has 0 unspecified atom stereocenters. The van der Waals surface area contributed by atoms with Crippen LogP contribution in [0.25, 0.3) is 17.1 Å². The SMILES string of the molecule is COc1ccc(-c2cc(=O)n(CCNC(=O)C3CN(c4cc(-n5cncn5)ncn4)C3)cn2)cc1. The van der Waals surface area contributed by atoms with E-state index < -0.39 is 0 Å². The molecule has 5 rings (SSSR count). The second-order valence-corrected chi connectivity index (χ2v) is 8.00. The molecule has 0 aliphatic carbocycles. The fourth-order valence-corrected chi connectivity index (χ4v) is 3.75. The van der Waals surface area contributed by atoms with Gasteiger partial charge in [0, 0.05) is 43.9 Å². The summed E-state index contributed by atoms with van der Waals surface area (Å²) in [5.41, 5.74) is 1.24. The van der Waals surface area contributed by atoms with Crippen molar-refractivity contribution in [2.24, 2.45) is 5.92 Å². The number of nitrogens with one attached hydrogen (secondary N) is 1. The van der Waals surface area contributed by atoms with Crippen molar-refractivity contribution in [1.29, 1.82) is 0 Å². The zero-order valence-electron chi connectivity index (χ0n) is 19.0. The maximum absolute atomic E-state index is 12.5. The van der Waals surface area contributed by atoms with Gasteiger partial charge in [-0.15, -0.1) is 0 Å². The van der Waals surface area contributed by atoms with E-state index >= 15 is 0 Å². The molecule has 1 aromatic carbocycles. The van der Waals surface area contributed by atoms with Gasteiger partial charge in [0.05, 0.1) is 25.0 Å². The van der Waals surface area contributed by atoms with Gasteiger partial charge in [0.1, 0.15) is 30.5 Å². The van der Waals surface area contributed by atoms with Crippen LogP contribution in [0.1, 0.15) is 0 Å². The molecule has 1 aliphatic rings. The third-order valence-corrected chi connectivity index (χ3v) is 5.79. The quantitative estimate of drug-likeness (QED) is 0.389. The summed E-state index contributed by atoms with van der Waals surface area (Å²) in [6, 6.07) is 10.6. The monoisotopic (exact) mass is 473 g/mol. The highest BCUT2D eigenvalue weighted by molar-refractivity contribution is 5.81. The fraction of sp³-hybridized carbons (Fsp3) is 0.261. The zero-order valence-corrected chi connectivity index (χ0v) is 19.0. The van der Waals surface area contributed by atoms with Gasteiger partial charge in [0.2, 0.25) is 5.91 Å². The Kier molecular flexibility index (Phi) is 6.16. The standard InChI is InChI=1S/C23H23N9O3/c1-35-18-4-2-16(3-5-18)19-8-22(33)30(15-28-19)7-6-25-23(34)17-10-31(11-17)20-9-21(27-13-26-20)32-14-24-12-29-32/h2-5,8-9,12-15,17H,6-7,10-11H2,1H3,(H,25,34). The van der Waals surface area contributed by atoms with E-state index in [1.54, 1.807) is 24.2 Å². The highest BCUT2D eigenvalue weighted by Crippen LogP contribution is 2.23. The lowest BCUT2D eigenvalue weighted by Crippen LogP contribution is -2.54. The van der Waals surface area contributed by atoms with Crippen LogP contribution in [0.15, 0.2) is 66.5 Å². The van der Waals surface area contributed by atoms with Gasteiger partial charge in [0.25, 0.3) is 5.56 Å². The van der Waals surface area contributed by atoms with E-state index in [0.29, 0.717) is 37.7 Å². The van der Waals surface area contributed by atoms with E-state index in [0.717, 1.165) is 17.1 Å². The fourth-order valence-electron chi connectivity index (χ4n) is 3.75. The molecular weight excluding hydrogens is 450 g/mol. The van der Waals surface area contributed by atoms with Gasteiger partial charge in [-0.05, 0) is 24.3 Å². The Morgan fingerprint density at radius 2 is 1.86 bits per heavy atom. The highest BCUT2D eigenvalue weighted by Gasteiger charge is 2.33. The molecule has 12 nitrogen and oxygen atoms in total. The lowest BCUT2D eigenvalue weighted by molar-refractivity contribution is -0.125. The summed E-state index contributed by atoms with van der Waals surface area (Å²) in [5, 5.41) is 6.97. The topological polar surface area (TPSA) is 133 Å². The van der Waals surface area contributed by atoms with Crippen LogP contribution >= 0.6 is 0 Å². The number of nitrogens with zero attached hydrogens (tertiary/aromatic N) is 8. The van der Waals surface area contributed by atoms with Crippen molar-refractivity contribution < 1.29 is 9.53 Å². The Bertz CT molecular complexity index is 1360. The summed E-state index contributed by atoms with van der Waals surface area (Å²) in [5.74, 6) is 1.87. The van der Waals surface area contributed by atoms with E-state index in [9.17, 15) is 9.59 Å². The molecule has 0 bridgehead atoms. The number of carbonyl (C=O) groups excluding carboxylic acids is 1. The van der Waals surface area contributed by atoms with Gasteiger partial charge in [-0.1, -0.05) is 0 Å². The minimum Gasteiger partial charge on any atom is -0.497 e. The number of ether oxygens (including phenoxy) is 1. The molecule has 35 heavy (non-hydrogen) atoms. The summed E-state index contributed by atoms with van der Waals surface area (Å²) in [4.78, 5) is 43.8. The molecule has 1 N–H and O–H groups in total. The first kappa shape index (κ1) is 22.2. The van der Waals surface area contributed by atoms with Gasteiger partial charge in [0.15, 0.2) is 5.82 Å². The Morgan fingerprint density at radius 1 is 1.06 bits per heavy atom. The molecule has 0 spiro atoms. The summed E-state index contributed by atoms with van der Waals surface area (Å²) in [6.45, 7) is 1.78. The number of hydrogen-bond acceptors (Lipinski definition) is 9. The number of aromatic nitrogens is 7. The van der Waals surface area contributed by atoms with Gasteiger partial charge in [-0.3, -0.25) is 14.2 Å². The Hall–Kier alpha value is -4.61. The van der Waals surface area contributed by atoms with Crippen molar-refractivity contribution in [3.8, 4) is 22.8 Å². The van der Waals surface area contributed by atoms with Crippen LogP contribution in [0.2, 0.25) is 0 Å². The minimum atomic E-state index is -0.179. The summed E-state index contributed by atoms with van der Waals surface area (Å²) < 4.78 is 8.18. The number of rotatable bonds is 8. The first-order chi connectivity index (χ1) is 17.1. The van der Waals surface area contributed by atoms with E-state index in [2.05, 4.69) is 30.4 Å². The van der Waals surface area contributed by atoms with Gasteiger partial charge in [-0.2, -0.15) is 5.10 Å². The van der Waals surface area contributed by atoms with Gasteiger partial charge < -0.3 is 15.0 Å². The van der Waals surface area contributed by atoms with E-state index in [1.165, 1.54) is 29.6 Å². The van der Waals surface area contributed by atoms with Crippen molar-refractivity contribution in [3.63, 3.8) is 0 Å². The van der Waals surface area contributed by atoms with Crippen molar-refractivity contribution in [2.75, 3.05) is 31.6 Å². The van der Waals surface area contributed by atoms with E-state index in [1.807, 2.05) is 29.2 Å². The predicted octanol–water partition coefficient (Wildman–Crippen LogP) is 0.542. The van der Waals surface area contributed by atoms with Crippen molar-refractivity contribution in [1.82, 2.24) is 39.6 Å². The highest BCUT2D eigenvalue weighted by atomic mass is 16.5.